The van der Waals surface area contributed by atoms with E-state index in [0.717, 1.165) is 0 Å². The van der Waals surface area contributed by atoms with Crippen molar-refractivity contribution in [2.45, 2.75) is 0 Å². The average Bonchev–Trinajstić information content (AvgIpc) is 1.00. The SMILES string of the molecule is CP.Cl.Cl.[Al]. The fraction of sp³-hybridized carbons (Fsp3) is 1.00. The maximum absolute atomic E-state index is 2.42. The van der Waals surface area contributed by atoms with Crippen molar-refractivity contribution in [2.75, 3.05) is 6.66 Å². The predicted octanol–water partition coefficient (Wildman–Crippen LogP) is 0.954. The highest BCUT2D eigenvalue weighted by Crippen LogP contribution is 1.46. The van der Waals surface area contributed by atoms with Crippen LogP contribution in [0.1, 0.15) is 0 Å². The molecule has 0 aliphatic heterocycles. The Labute approximate surface area is 58.2 Å². The monoisotopic (exact) mass is 147 g/mol. The normalized spacial score (nSPS) is 1.20. The van der Waals surface area contributed by atoms with Gasteiger partial charge in [-0.1, -0.05) is 6.66 Å². The van der Waals surface area contributed by atoms with E-state index in [9.17, 15) is 0 Å². The Bertz CT molecular complexity index is 9.61. The maximum atomic E-state index is 2.42. The van der Waals surface area contributed by atoms with Crippen LogP contribution in [-0.2, 0) is 0 Å². The summed E-state index contributed by atoms with van der Waals surface area (Å²) in [4.78, 5) is 0. The van der Waals surface area contributed by atoms with Gasteiger partial charge >= 0.3 is 0 Å². The van der Waals surface area contributed by atoms with Crippen LogP contribution in [0, 0.1) is 0 Å². The Morgan fingerprint density at radius 2 is 1.00 bits per heavy atom. The lowest BCUT2D eigenvalue weighted by atomic mass is 12.0. The van der Waals surface area contributed by atoms with E-state index in [4.69, 9.17) is 0 Å². The van der Waals surface area contributed by atoms with E-state index < -0.39 is 0 Å². The quantitative estimate of drug-likeness (QED) is 0.354. The van der Waals surface area contributed by atoms with Crippen molar-refractivity contribution in [3.63, 3.8) is 0 Å². The van der Waals surface area contributed by atoms with Crippen LogP contribution in [-0.4, -0.2) is 24.0 Å². The van der Waals surface area contributed by atoms with Gasteiger partial charge in [-0.2, -0.15) is 0 Å². The molecule has 0 aromatic carbocycles. The summed E-state index contributed by atoms with van der Waals surface area (Å²) in [5, 5.41) is 0. The van der Waals surface area contributed by atoms with Gasteiger partial charge in [-0.05, 0) is 0 Å². The van der Waals surface area contributed by atoms with Crippen LogP contribution in [0.4, 0.5) is 0 Å². The molecule has 0 saturated carbocycles. The minimum absolute atomic E-state index is 0. The van der Waals surface area contributed by atoms with E-state index in [1.54, 1.807) is 0 Å². The minimum atomic E-state index is 0. The fourth-order valence-corrected chi connectivity index (χ4v) is 0. The van der Waals surface area contributed by atoms with Crippen molar-refractivity contribution in [2.24, 2.45) is 0 Å². The van der Waals surface area contributed by atoms with Gasteiger partial charge in [0, 0.05) is 17.4 Å². The smallest absolute Gasteiger partial charge is 0 e. The van der Waals surface area contributed by atoms with E-state index in [0.29, 0.717) is 0 Å². The molecule has 0 spiro atoms. The molecule has 0 nitrogen and oxygen atoms in total. The molecule has 0 aliphatic rings. The largest absolute Gasteiger partial charge is 0.147 e. The van der Waals surface area contributed by atoms with Gasteiger partial charge in [0.05, 0.1) is 0 Å². The zero-order valence-electron chi connectivity index (χ0n) is 2.97. The van der Waals surface area contributed by atoms with Crippen molar-refractivity contribution >= 4 is 51.4 Å². The van der Waals surface area contributed by atoms with Crippen molar-refractivity contribution < 1.29 is 0 Å². The van der Waals surface area contributed by atoms with E-state index in [2.05, 4.69) is 9.24 Å². The summed E-state index contributed by atoms with van der Waals surface area (Å²) >= 11 is 0. The second-order valence-corrected chi connectivity index (χ2v) is 0. The first kappa shape index (κ1) is 31.1. The fourth-order valence-electron chi connectivity index (χ4n) is 0. The number of hydrogen-bond acceptors (Lipinski definition) is 0. The number of hydrogen-bond donors (Lipinski definition) is 0. The lowest BCUT2D eigenvalue weighted by Gasteiger charge is -1.10. The van der Waals surface area contributed by atoms with Crippen LogP contribution in [0.2, 0.25) is 0 Å². The second kappa shape index (κ2) is 48.1. The molecule has 0 amide bonds. The Hall–Kier alpha value is 1.54. The molecule has 33 valence electrons. The molecule has 0 bridgehead atoms. The molecule has 3 radical (unpaired) electrons. The third kappa shape index (κ3) is 29.2. The maximum Gasteiger partial charge on any atom is 0 e. The van der Waals surface area contributed by atoms with E-state index >= 15 is 0 Å². The molecule has 1 unspecified atom stereocenters. The lowest BCUT2D eigenvalue weighted by molar-refractivity contribution is 2.53. The van der Waals surface area contributed by atoms with Gasteiger partial charge in [-0.25, -0.2) is 0 Å². The van der Waals surface area contributed by atoms with Crippen molar-refractivity contribution in [1.82, 2.24) is 0 Å². The van der Waals surface area contributed by atoms with Gasteiger partial charge < -0.3 is 0 Å². The third-order valence-electron chi connectivity index (χ3n) is 0. The van der Waals surface area contributed by atoms with E-state index in [-0.39, 0.29) is 42.2 Å². The lowest BCUT2D eigenvalue weighted by Crippen LogP contribution is -0.804. The van der Waals surface area contributed by atoms with Gasteiger partial charge in [-0.15, -0.1) is 34.1 Å². The van der Waals surface area contributed by atoms with Gasteiger partial charge in [0.15, 0.2) is 0 Å². The topological polar surface area (TPSA) is 0 Å². The summed E-state index contributed by atoms with van der Waals surface area (Å²) in [5.41, 5.74) is 0. The molecule has 0 N–H and O–H groups in total. The Kier molecular flexibility index (Phi) is 299. The molecule has 0 saturated heterocycles. The minimum Gasteiger partial charge on any atom is -0.147 e. The molecular weight excluding hydrogens is 141 g/mol. The van der Waals surface area contributed by atoms with Gasteiger partial charge in [0.1, 0.15) is 0 Å². The molecule has 4 heteroatoms. The molecule has 0 aromatic heterocycles. The van der Waals surface area contributed by atoms with Crippen LogP contribution in [0.15, 0.2) is 0 Å². The average molecular weight is 148 g/mol. The van der Waals surface area contributed by atoms with E-state index in [1.807, 2.05) is 6.66 Å². The summed E-state index contributed by atoms with van der Waals surface area (Å²) in [6.45, 7) is 1.92. The van der Waals surface area contributed by atoms with Crippen molar-refractivity contribution in [3.8, 4) is 0 Å². The van der Waals surface area contributed by atoms with Crippen LogP contribution < -0.4 is 0 Å². The van der Waals surface area contributed by atoms with E-state index in [1.165, 1.54) is 0 Å². The highest BCUT2D eigenvalue weighted by Gasteiger charge is 0.906. The molecule has 0 fully saturated rings. The zero-order valence-corrected chi connectivity index (χ0v) is 6.91. The molecule has 0 rings (SSSR count). The highest BCUT2D eigenvalue weighted by molar-refractivity contribution is 7.15. The first-order valence-corrected chi connectivity index (χ1v) is 1.73. The molecular formula is CH7AlCl2P. The highest BCUT2D eigenvalue weighted by atomic mass is 35.5. The van der Waals surface area contributed by atoms with Crippen LogP contribution in [0.5, 0.6) is 0 Å². The number of halogens is 2. The molecule has 0 aromatic rings. The van der Waals surface area contributed by atoms with Crippen molar-refractivity contribution in [1.29, 1.82) is 0 Å². The van der Waals surface area contributed by atoms with Gasteiger partial charge in [0.2, 0.25) is 0 Å². The Morgan fingerprint density at radius 3 is 1.00 bits per heavy atom. The summed E-state index contributed by atoms with van der Waals surface area (Å²) in [7, 11) is 2.42. The summed E-state index contributed by atoms with van der Waals surface area (Å²) in [5.74, 6) is 0. The first-order valence-electron chi connectivity index (χ1n) is 0.577. The second-order valence-electron chi connectivity index (χ2n) is 0. The Morgan fingerprint density at radius 1 is 1.00 bits per heavy atom. The summed E-state index contributed by atoms with van der Waals surface area (Å²) in [6, 6.07) is 0. The van der Waals surface area contributed by atoms with Crippen LogP contribution in [0.3, 0.4) is 0 Å². The molecule has 1 atom stereocenters. The van der Waals surface area contributed by atoms with Crippen LogP contribution in [0.25, 0.3) is 0 Å². The molecule has 0 heterocycles. The zero-order chi connectivity index (χ0) is 2.00. The van der Waals surface area contributed by atoms with Gasteiger partial charge in [-0.3, -0.25) is 0 Å². The van der Waals surface area contributed by atoms with Gasteiger partial charge in [0.25, 0.3) is 0 Å². The first-order chi connectivity index (χ1) is 1.00. The summed E-state index contributed by atoms with van der Waals surface area (Å²) in [6.07, 6.45) is 0. The third-order valence-corrected chi connectivity index (χ3v) is 0. The number of rotatable bonds is 0. The standard InChI is InChI=1S/CH5P.Al.2ClH/c1-2;;;/h2H2,1H3;;2*1H. The predicted molar refractivity (Wildman–Crippen MR) is 35.9 cm³/mol. The summed E-state index contributed by atoms with van der Waals surface area (Å²) < 4.78 is 0. The Balaban J connectivity index is -0.00000000167. The molecule has 5 heavy (non-hydrogen) atoms. The van der Waals surface area contributed by atoms with Crippen LogP contribution >= 0.6 is 34.1 Å². The van der Waals surface area contributed by atoms with Crippen molar-refractivity contribution in [3.05, 3.63) is 0 Å². The molecule has 0 aliphatic carbocycles.